The van der Waals surface area contributed by atoms with Gasteiger partial charge in [0.25, 0.3) is 0 Å². The SMILES string of the molecule is COc1ccc(C)cc1CCNC(=O)CCl. The van der Waals surface area contributed by atoms with Gasteiger partial charge in [-0.05, 0) is 25.0 Å². The highest BCUT2D eigenvalue weighted by molar-refractivity contribution is 6.27. The van der Waals surface area contributed by atoms with Gasteiger partial charge in [-0.2, -0.15) is 0 Å². The largest absolute Gasteiger partial charge is 0.496 e. The zero-order chi connectivity index (χ0) is 12.0. The lowest BCUT2D eigenvalue weighted by molar-refractivity contribution is -0.118. The van der Waals surface area contributed by atoms with Gasteiger partial charge in [0.1, 0.15) is 11.6 Å². The van der Waals surface area contributed by atoms with Gasteiger partial charge < -0.3 is 10.1 Å². The molecule has 0 fully saturated rings. The first-order chi connectivity index (χ1) is 7.67. The summed E-state index contributed by atoms with van der Waals surface area (Å²) in [6, 6.07) is 6.00. The van der Waals surface area contributed by atoms with Gasteiger partial charge in [0.15, 0.2) is 0 Å². The van der Waals surface area contributed by atoms with Crippen molar-refractivity contribution >= 4 is 17.5 Å². The number of hydrogen-bond acceptors (Lipinski definition) is 2. The Labute approximate surface area is 101 Å². The average molecular weight is 242 g/mol. The molecule has 0 spiro atoms. The van der Waals surface area contributed by atoms with Crippen LogP contribution in [-0.2, 0) is 11.2 Å². The van der Waals surface area contributed by atoms with E-state index in [1.54, 1.807) is 7.11 Å². The molecule has 1 aromatic carbocycles. The summed E-state index contributed by atoms with van der Waals surface area (Å²) in [5, 5.41) is 2.73. The predicted octanol–water partition coefficient (Wildman–Crippen LogP) is 1.90. The van der Waals surface area contributed by atoms with Crippen LogP contribution in [0.4, 0.5) is 0 Å². The van der Waals surface area contributed by atoms with E-state index in [0.29, 0.717) is 6.54 Å². The van der Waals surface area contributed by atoms with E-state index in [-0.39, 0.29) is 11.8 Å². The second kappa shape index (κ2) is 6.38. The van der Waals surface area contributed by atoms with Crippen molar-refractivity contribution in [2.24, 2.45) is 0 Å². The van der Waals surface area contributed by atoms with Crippen LogP contribution in [0.3, 0.4) is 0 Å². The molecule has 0 aliphatic rings. The van der Waals surface area contributed by atoms with E-state index in [4.69, 9.17) is 16.3 Å². The van der Waals surface area contributed by atoms with Crippen LogP contribution in [0, 0.1) is 6.92 Å². The fourth-order valence-corrected chi connectivity index (χ4v) is 1.58. The second-order valence-corrected chi connectivity index (χ2v) is 3.82. The summed E-state index contributed by atoms with van der Waals surface area (Å²) in [5.41, 5.74) is 2.27. The van der Waals surface area contributed by atoms with Gasteiger partial charge in [-0.25, -0.2) is 0 Å². The van der Waals surface area contributed by atoms with Crippen LogP contribution < -0.4 is 10.1 Å². The van der Waals surface area contributed by atoms with E-state index in [2.05, 4.69) is 11.4 Å². The monoisotopic (exact) mass is 241 g/mol. The Morgan fingerprint density at radius 3 is 2.88 bits per heavy atom. The fourth-order valence-electron chi connectivity index (χ4n) is 1.49. The lowest BCUT2D eigenvalue weighted by atomic mass is 10.1. The molecule has 0 radical (unpaired) electrons. The molecule has 3 nitrogen and oxygen atoms in total. The van der Waals surface area contributed by atoms with Crippen molar-refractivity contribution in [1.82, 2.24) is 5.32 Å². The minimum Gasteiger partial charge on any atom is -0.496 e. The number of ether oxygens (including phenoxy) is 1. The number of amides is 1. The molecule has 0 bridgehead atoms. The van der Waals surface area contributed by atoms with Crippen LogP contribution in [0.2, 0.25) is 0 Å². The van der Waals surface area contributed by atoms with Crippen molar-refractivity contribution in [2.45, 2.75) is 13.3 Å². The number of halogens is 1. The Balaban J connectivity index is 2.58. The number of nitrogens with one attached hydrogen (secondary N) is 1. The maximum Gasteiger partial charge on any atom is 0.234 e. The van der Waals surface area contributed by atoms with Crippen molar-refractivity contribution in [2.75, 3.05) is 19.5 Å². The molecule has 0 aliphatic heterocycles. The maximum atomic E-state index is 10.9. The van der Waals surface area contributed by atoms with Crippen LogP contribution in [0.5, 0.6) is 5.75 Å². The van der Waals surface area contributed by atoms with Crippen molar-refractivity contribution in [3.05, 3.63) is 29.3 Å². The summed E-state index contributed by atoms with van der Waals surface area (Å²) >= 11 is 5.38. The summed E-state index contributed by atoms with van der Waals surface area (Å²) in [4.78, 5) is 10.9. The smallest absolute Gasteiger partial charge is 0.234 e. The summed E-state index contributed by atoms with van der Waals surface area (Å²) in [5.74, 6) is 0.712. The van der Waals surface area contributed by atoms with Gasteiger partial charge in [0, 0.05) is 6.54 Å². The molecule has 0 unspecified atom stereocenters. The number of carbonyl (C=O) groups excluding carboxylic acids is 1. The van der Waals surface area contributed by atoms with Crippen LogP contribution in [-0.4, -0.2) is 25.4 Å². The number of rotatable bonds is 5. The van der Waals surface area contributed by atoms with E-state index in [1.165, 1.54) is 5.56 Å². The Morgan fingerprint density at radius 1 is 1.50 bits per heavy atom. The third kappa shape index (κ3) is 3.74. The van der Waals surface area contributed by atoms with Gasteiger partial charge in [-0.15, -0.1) is 11.6 Å². The minimum absolute atomic E-state index is 0.00491. The van der Waals surface area contributed by atoms with Crippen molar-refractivity contribution < 1.29 is 9.53 Å². The average Bonchev–Trinajstić information content (AvgIpc) is 2.29. The second-order valence-electron chi connectivity index (χ2n) is 3.55. The number of alkyl halides is 1. The van der Waals surface area contributed by atoms with Crippen molar-refractivity contribution in [3.63, 3.8) is 0 Å². The van der Waals surface area contributed by atoms with Crippen molar-refractivity contribution in [3.8, 4) is 5.75 Å². The lowest BCUT2D eigenvalue weighted by Gasteiger charge is -2.09. The third-order valence-electron chi connectivity index (χ3n) is 2.27. The molecule has 88 valence electrons. The topological polar surface area (TPSA) is 38.3 Å². The van der Waals surface area contributed by atoms with E-state index < -0.39 is 0 Å². The molecule has 0 atom stereocenters. The first-order valence-corrected chi connectivity index (χ1v) is 5.67. The molecular formula is C12H16ClNO2. The van der Waals surface area contributed by atoms with Gasteiger partial charge >= 0.3 is 0 Å². The number of benzene rings is 1. The fraction of sp³-hybridized carbons (Fsp3) is 0.417. The Morgan fingerprint density at radius 2 is 2.25 bits per heavy atom. The van der Waals surface area contributed by atoms with Gasteiger partial charge in [0.2, 0.25) is 5.91 Å². The molecule has 0 heterocycles. The first-order valence-electron chi connectivity index (χ1n) is 5.13. The molecule has 0 aliphatic carbocycles. The standard InChI is InChI=1S/C12H16ClNO2/c1-9-3-4-11(16-2)10(7-9)5-6-14-12(15)8-13/h3-4,7H,5-6,8H2,1-2H3,(H,14,15). The molecule has 0 saturated heterocycles. The highest BCUT2D eigenvalue weighted by Gasteiger charge is 2.04. The van der Waals surface area contributed by atoms with E-state index in [9.17, 15) is 4.79 Å². The summed E-state index contributed by atoms with van der Waals surface area (Å²) in [6.07, 6.45) is 0.744. The summed E-state index contributed by atoms with van der Waals surface area (Å²) < 4.78 is 5.25. The zero-order valence-corrected chi connectivity index (χ0v) is 10.3. The molecule has 1 aromatic rings. The van der Waals surface area contributed by atoms with Gasteiger partial charge in [-0.1, -0.05) is 17.7 Å². The van der Waals surface area contributed by atoms with Crippen LogP contribution in [0.1, 0.15) is 11.1 Å². The Hall–Kier alpha value is -1.22. The molecule has 0 aromatic heterocycles. The maximum absolute atomic E-state index is 10.9. The first kappa shape index (κ1) is 12.8. The molecule has 1 amide bonds. The number of methoxy groups -OCH3 is 1. The molecule has 0 saturated carbocycles. The highest BCUT2D eigenvalue weighted by atomic mass is 35.5. The van der Waals surface area contributed by atoms with Gasteiger partial charge in [0.05, 0.1) is 7.11 Å². The normalized spacial score (nSPS) is 9.94. The predicted molar refractivity (Wildman–Crippen MR) is 65.2 cm³/mol. The zero-order valence-electron chi connectivity index (χ0n) is 9.55. The van der Waals surface area contributed by atoms with Crippen molar-refractivity contribution in [1.29, 1.82) is 0 Å². The van der Waals surface area contributed by atoms with Crippen LogP contribution >= 0.6 is 11.6 Å². The Kier molecular flexibility index (Phi) is 5.12. The number of hydrogen-bond donors (Lipinski definition) is 1. The van der Waals surface area contributed by atoms with Crippen LogP contribution in [0.15, 0.2) is 18.2 Å². The number of carbonyl (C=O) groups is 1. The molecule has 1 N–H and O–H groups in total. The number of aryl methyl sites for hydroxylation is 1. The highest BCUT2D eigenvalue weighted by Crippen LogP contribution is 2.19. The molecule has 1 rings (SSSR count). The van der Waals surface area contributed by atoms with E-state index in [1.807, 2.05) is 19.1 Å². The lowest BCUT2D eigenvalue weighted by Crippen LogP contribution is -2.26. The summed E-state index contributed by atoms with van der Waals surface area (Å²) in [7, 11) is 1.64. The van der Waals surface area contributed by atoms with Crippen LogP contribution in [0.25, 0.3) is 0 Å². The Bertz CT molecular complexity index is 366. The van der Waals surface area contributed by atoms with E-state index in [0.717, 1.165) is 17.7 Å². The molecule has 4 heteroatoms. The molecular weight excluding hydrogens is 226 g/mol. The van der Waals surface area contributed by atoms with E-state index >= 15 is 0 Å². The molecule has 16 heavy (non-hydrogen) atoms. The third-order valence-corrected chi connectivity index (χ3v) is 2.52. The quantitative estimate of drug-likeness (QED) is 0.800. The van der Waals surface area contributed by atoms with Gasteiger partial charge in [-0.3, -0.25) is 4.79 Å². The minimum atomic E-state index is -0.145. The summed E-state index contributed by atoms with van der Waals surface area (Å²) in [6.45, 7) is 2.60.